The van der Waals surface area contributed by atoms with Gasteiger partial charge in [-0.05, 0) is 11.5 Å². The molecule has 2 nitrogen and oxygen atoms in total. The van der Waals surface area contributed by atoms with Crippen molar-refractivity contribution in [2.45, 2.75) is 20.8 Å². The second-order valence-electron chi connectivity index (χ2n) is 3.39. The first-order chi connectivity index (χ1) is 5.06. The van der Waals surface area contributed by atoms with Gasteiger partial charge in [0.25, 0.3) is 0 Å². The van der Waals surface area contributed by atoms with Crippen LogP contribution in [0.5, 0.6) is 0 Å². The van der Waals surface area contributed by atoms with Crippen molar-refractivity contribution in [3.05, 3.63) is 12.3 Å². The van der Waals surface area contributed by atoms with Gasteiger partial charge in [0.05, 0.1) is 0 Å². The Balaban J connectivity index is 3.78. The normalized spacial score (nSPS) is 14.2. The Bertz CT molecular complexity index is 170. The van der Waals surface area contributed by atoms with Gasteiger partial charge in [-0.3, -0.25) is 9.98 Å². The van der Waals surface area contributed by atoms with Crippen LogP contribution in [0.15, 0.2) is 22.3 Å². The molecule has 0 unspecified atom stereocenters. The molecule has 0 fully saturated rings. The van der Waals surface area contributed by atoms with E-state index < -0.39 is 0 Å². The summed E-state index contributed by atoms with van der Waals surface area (Å²) in [6, 6.07) is 0. The van der Waals surface area contributed by atoms with Gasteiger partial charge in [-0.25, -0.2) is 0 Å². The summed E-state index contributed by atoms with van der Waals surface area (Å²) in [6.45, 7) is 6.33. The summed E-state index contributed by atoms with van der Waals surface area (Å²) in [5, 5.41) is 0. The van der Waals surface area contributed by atoms with Crippen molar-refractivity contribution < 1.29 is 0 Å². The fourth-order valence-electron chi connectivity index (χ4n) is 0.441. The lowest BCUT2D eigenvalue weighted by atomic mass is 9.99. The molecule has 0 radical (unpaired) electrons. The molecule has 0 rings (SSSR count). The molecular weight excluding hydrogens is 136 g/mol. The zero-order valence-corrected chi connectivity index (χ0v) is 7.70. The molecule has 0 aliphatic heterocycles. The summed E-state index contributed by atoms with van der Waals surface area (Å²) in [5.41, 5.74) is 0.160. The fraction of sp³-hybridized carbons (Fsp3) is 0.556. The highest BCUT2D eigenvalue weighted by Crippen LogP contribution is 2.07. The Morgan fingerprint density at radius 1 is 1.18 bits per heavy atom. The highest BCUT2D eigenvalue weighted by molar-refractivity contribution is 5.71. The van der Waals surface area contributed by atoms with Gasteiger partial charge in [0, 0.05) is 25.7 Å². The first kappa shape index (κ1) is 10.1. The zero-order valence-electron chi connectivity index (χ0n) is 7.70. The van der Waals surface area contributed by atoms with Crippen molar-refractivity contribution in [2.24, 2.45) is 15.4 Å². The topological polar surface area (TPSA) is 24.7 Å². The van der Waals surface area contributed by atoms with Crippen molar-refractivity contribution in [1.29, 1.82) is 0 Å². The third-order valence-electron chi connectivity index (χ3n) is 0.869. The Kier molecular flexibility index (Phi) is 4.42. The van der Waals surface area contributed by atoms with Gasteiger partial charge >= 0.3 is 0 Å². The van der Waals surface area contributed by atoms with Crippen LogP contribution in [0.1, 0.15) is 20.8 Å². The maximum atomic E-state index is 4.08. The lowest BCUT2D eigenvalue weighted by Crippen LogP contribution is -2.05. The van der Waals surface area contributed by atoms with E-state index in [-0.39, 0.29) is 5.41 Å². The van der Waals surface area contributed by atoms with Crippen LogP contribution in [0.4, 0.5) is 0 Å². The van der Waals surface area contributed by atoms with E-state index in [1.54, 1.807) is 19.5 Å². The molecule has 0 aliphatic rings. The van der Waals surface area contributed by atoms with Gasteiger partial charge in [0.15, 0.2) is 0 Å². The molecule has 0 heterocycles. The van der Waals surface area contributed by atoms with Crippen LogP contribution in [0.25, 0.3) is 0 Å². The average Bonchev–Trinajstić information content (AvgIpc) is 1.85. The minimum absolute atomic E-state index is 0.160. The molecule has 0 N–H and O–H groups in total. The second-order valence-corrected chi connectivity index (χ2v) is 3.39. The standard InChI is InChI=1S/C9H16N2/c1-9(2,3)8-11-7-5-6-10-4/h5-8H,1-4H3/b7-5-,10-6?,11-8?. The van der Waals surface area contributed by atoms with E-state index in [0.717, 1.165) is 0 Å². The van der Waals surface area contributed by atoms with Crippen LogP contribution in [0, 0.1) is 5.41 Å². The lowest BCUT2D eigenvalue weighted by Gasteiger charge is -2.08. The van der Waals surface area contributed by atoms with Crippen LogP contribution in [-0.4, -0.2) is 19.5 Å². The summed E-state index contributed by atoms with van der Waals surface area (Å²) in [6.07, 6.45) is 7.16. The summed E-state index contributed by atoms with van der Waals surface area (Å²) in [7, 11) is 1.73. The lowest BCUT2D eigenvalue weighted by molar-refractivity contribution is 0.607. The first-order valence-corrected chi connectivity index (χ1v) is 3.68. The molecule has 62 valence electrons. The van der Waals surface area contributed by atoms with Crippen LogP contribution in [0.2, 0.25) is 0 Å². The van der Waals surface area contributed by atoms with E-state index in [9.17, 15) is 0 Å². The average molecular weight is 152 g/mol. The van der Waals surface area contributed by atoms with Gasteiger partial charge < -0.3 is 0 Å². The van der Waals surface area contributed by atoms with Gasteiger partial charge in [0.1, 0.15) is 0 Å². The number of hydrogen-bond acceptors (Lipinski definition) is 2. The Morgan fingerprint density at radius 2 is 1.82 bits per heavy atom. The number of allylic oxidation sites excluding steroid dienone is 1. The number of rotatable bonds is 2. The van der Waals surface area contributed by atoms with Crippen molar-refractivity contribution in [2.75, 3.05) is 7.05 Å². The highest BCUT2D eigenvalue weighted by atomic mass is 14.7. The van der Waals surface area contributed by atoms with Crippen molar-refractivity contribution in [3.8, 4) is 0 Å². The third kappa shape index (κ3) is 9.08. The predicted molar refractivity (Wildman–Crippen MR) is 51.5 cm³/mol. The fourth-order valence-corrected chi connectivity index (χ4v) is 0.441. The summed E-state index contributed by atoms with van der Waals surface area (Å²) < 4.78 is 0. The van der Waals surface area contributed by atoms with Crippen LogP contribution in [-0.2, 0) is 0 Å². The smallest absolute Gasteiger partial charge is 0.0279 e. The molecule has 0 bridgehead atoms. The molecule has 0 aromatic heterocycles. The number of hydrogen-bond donors (Lipinski definition) is 0. The third-order valence-corrected chi connectivity index (χ3v) is 0.869. The van der Waals surface area contributed by atoms with Crippen LogP contribution < -0.4 is 0 Å². The van der Waals surface area contributed by atoms with Crippen LogP contribution in [0.3, 0.4) is 0 Å². The molecule has 0 atom stereocenters. The Morgan fingerprint density at radius 3 is 2.27 bits per heavy atom. The summed E-state index contributed by atoms with van der Waals surface area (Å²) in [5.74, 6) is 0. The molecule has 0 saturated carbocycles. The molecule has 0 aromatic carbocycles. The molecule has 0 amide bonds. The molecule has 0 aliphatic carbocycles. The maximum absolute atomic E-state index is 4.08. The van der Waals surface area contributed by atoms with Crippen molar-refractivity contribution >= 4 is 12.4 Å². The molecule has 0 aromatic rings. The van der Waals surface area contributed by atoms with E-state index in [4.69, 9.17) is 0 Å². The first-order valence-electron chi connectivity index (χ1n) is 3.68. The monoisotopic (exact) mass is 152 g/mol. The molecular formula is C9H16N2. The maximum Gasteiger partial charge on any atom is 0.0279 e. The van der Waals surface area contributed by atoms with Gasteiger partial charge in [-0.1, -0.05) is 20.8 Å². The van der Waals surface area contributed by atoms with E-state index in [1.165, 1.54) is 0 Å². The van der Waals surface area contributed by atoms with Crippen molar-refractivity contribution in [1.82, 2.24) is 0 Å². The number of nitrogens with zero attached hydrogens (tertiary/aromatic N) is 2. The minimum atomic E-state index is 0.160. The van der Waals surface area contributed by atoms with E-state index in [1.807, 2.05) is 12.3 Å². The molecule has 0 saturated heterocycles. The van der Waals surface area contributed by atoms with Gasteiger partial charge in [-0.2, -0.15) is 0 Å². The Hall–Kier alpha value is -0.920. The molecule has 0 spiro atoms. The van der Waals surface area contributed by atoms with Crippen LogP contribution >= 0.6 is 0 Å². The minimum Gasteiger partial charge on any atom is -0.296 e. The van der Waals surface area contributed by atoms with E-state index in [2.05, 4.69) is 30.8 Å². The van der Waals surface area contributed by atoms with Gasteiger partial charge in [0.2, 0.25) is 0 Å². The van der Waals surface area contributed by atoms with Crippen molar-refractivity contribution in [3.63, 3.8) is 0 Å². The largest absolute Gasteiger partial charge is 0.296 e. The zero-order chi connectivity index (χ0) is 8.74. The quantitative estimate of drug-likeness (QED) is 0.542. The second kappa shape index (κ2) is 4.83. The predicted octanol–water partition coefficient (Wildman–Crippen LogP) is 2.32. The van der Waals surface area contributed by atoms with E-state index >= 15 is 0 Å². The summed E-state index contributed by atoms with van der Waals surface area (Å²) >= 11 is 0. The Labute approximate surface area is 68.8 Å². The van der Waals surface area contributed by atoms with E-state index in [0.29, 0.717) is 0 Å². The molecule has 2 heteroatoms. The highest BCUT2D eigenvalue weighted by Gasteiger charge is 2.03. The SMILES string of the molecule is CN=C/C=C\N=CC(C)(C)C. The van der Waals surface area contributed by atoms with Gasteiger partial charge in [-0.15, -0.1) is 0 Å². The molecule has 11 heavy (non-hydrogen) atoms. The number of aliphatic imine (C=N–C) groups is 2. The summed E-state index contributed by atoms with van der Waals surface area (Å²) in [4.78, 5) is 7.87.